The van der Waals surface area contributed by atoms with Crippen molar-refractivity contribution in [1.29, 1.82) is 0 Å². The van der Waals surface area contributed by atoms with Gasteiger partial charge < -0.3 is 14.4 Å². The number of amides is 1. The second-order valence-corrected chi connectivity index (χ2v) is 7.48. The van der Waals surface area contributed by atoms with Crippen molar-refractivity contribution in [3.63, 3.8) is 0 Å². The number of nitrogens with zero attached hydrogens (tertiary/aromatic N) is 2. The zero-order chi connectivity index (χ0) is 19.4. The Morgan fingerprint density at radius 2 is 1.74 bits per heavy atom. The first-order valence-corrected chi connectivity index (χ1v) is 9.53. The van der Waals surface area contributed by atoms with E-state index in [0.29, 0.717) is 17.2 Å². The number of hydrogen-bond acceptors (Lipinski definition) is 5. The first-order valence-electron chi connectivity index (χ1n) is 8.71. The van der Waals surface area contributed by atoms with Crippen LogP contribution in [0.25, 0.3) is 10.2 Å². The summed E-state index contributed by atoms with van der Waals surface area (Å²) in [5.41, 5.74) is 1.47. The van der Waals surface area contributed by atoms with Gasteiger partial charge in [0.05, 0.1) is 51.6 Å². The maximum absolute atomic E-state index is 13.2. The van der Waals surface area contributed by atoms with E-state index in [9.17, 15) is 4.79 Å². The molecule has 1 heterocycles. The monoisotopic (exact) mass is 386 g/mol. The SMILES string of the molecule is COc1ccc(C(=O)N(CC[NH+](C)C)c2nc3ccc(OC)cc3s2)cc1. The molecular formula is C20H24N3O3S+. The average Bonchev–Trinajstić information content (AvgIpc) is 3.10. The van der Waals surface area contributed by atoms with Crippen LogP contribution in [0.4, 0.5) is 5.13 Å². The molecule has 0 aliphatic rings. The highest BCUT2D eigenvalue weighted by atomic mass is 32.1. The van der Waals surface area contributed by atoms with Gasteiger partial charge in [-0.15, -0.1) is 0 Å². The predicted molar refractivity (Wildman–Crippen MR) is 109 cm³/mol. The number of quaternary nitrogens is 1. The second-order valence-electron chi connectivity index (χ2n) is 6.47. The minimum absolute atomic E-state index is 0.0649. The van der Waals surface area contributed by atoms with E-state index < -0.39 is 0 Å². The molecule has 6 nitrogen and oxygen atoms in total. The molecule has 3 aromatic rings. The molecule has 0 atom stereocenters. The van der Waals surface area contributed by atoms with Crippen LogP contribution in [0.3, 0.4) is 0 Å². The number of nitrogens with one attached hydrogen (secondary N) is 1. The van der Waals surface area contributed by atoms with Crippen molar-refractivity contribution in [2.45, 2.75) is 0 Å². The van der Waals surface area contributed by atoms with E-state index in [1.54, 1.807) is 43.4 Å². The smallest absolute Gasteiger partial charge is 0.260 e. The van der Waals surface area contributed by atoms with Gasteiger partial charge in [0.15, 0.2) is 5.13 Å². The Labute approximate surface area is 162 Å². The number of thiazole rings is 1. The van der Waals surface area contributed by atoms with Crippen LogP contribution in [0.15, 0.2) is 42.5 Å². The summed E-state index contributed by atoms with van der Waals surface area (Å²) in [6, 6.07) is 12.9. The number of methoxy groups -OCH3 is 2. The van der Waals surface area contributed by atoms with Crippen LogP contribution in [-0.4, -0.2) is 52.3 Å². The van der Waals surface area contributed by atoms with Crippen molar-refractivity contribution in [2.24, 2.45) is 0 Å². The lowest BCUT2D eigenvalue weighted by atomic mass is 10.2. The van der Waals surface area contributed by atoms with Gasteiger partial charge in [0.25, 0.3) is 5.91 Å². The normalized spacial score (nSPS) is 11.0. The number of carbonyl (C=O) groups excluding carboxylic acids is 1. The third-order valence-electron chi connectivity index (χ3n) is 4.23. The maximum Gasteiger partial charge on any atom is 0.260 e. The van der Waals surface area contributed by atoms with Gasteiger partial charge in [0.2, 0.25) is 0 Å². The van der Waals surface area contributed by atoms with Crippen molar-refractivity contribution in [2.75, 3.05) is 46.3 Å². The molecule has 3 rings (SSSR count). The van der Waals surface area contributed by atoms with Crippen molar-refractivity contribution in [1.82, 2.24) is 4.98 Å². The Kier molecular flexibility index (Phi) is 5.93. The van der Waals surface area contributed by atoms with E-state index >= 15 is 0 Å². The number of hydrogen-bond donors (Lipinski definition) is 1. The van der Waals surface area contributed by atoms with Crippen LogP contribution in [-0.2, 0) is 0 Å². The summed E-state index contributed by atoms with van der Waals surface area (Å²) in [5.74, 6) is 1.44. The van der Waals surface area contributed by atoms with E-state index in [2.05, 4.69) is 19.1 Å². The predicted octanol–water partition coefficient (Wildman–Crippen LogP) is 2.10. The lowest BCUT2D eigenvalue weighted by Crippen LogP contribution is -3.06. The molecule has 0 bridgehead atoms. The summed E-state index contributed by atoms with van der Waals surface area (Å²) in [5, 5.41) is 0.695. The number of ether oxygens (including phenoxy) is 2. The number of aromatic nitrogens is 1. The van der Waals surface area contributed by atoms with Gasteiger partial charge in [-0.3, -0.25) is 9.69 Å². The summed E-state index contributed by atoms with van der Waals surface area (Å²) in [6.45, 7) is 1.41. The minimum Gasteiger partial charge on any atom is -0.497 e. The fourth-order valence-corrected chi connectivity index (χ4v) is 3.66. The summed E-state index contributed by atoms with van der Waals surface area (Å²) in [6.07, 6.45) is 0. The highest BCUT2D eigenvalue weighted by molar-refractivity contribution is 7.22. The van der Waals surface area contributed by atoms with Crippen LogP contribution in [0.2, 0.25) is 0 Å². The van der Waals surface area contributed by atoms with Gasteiger partial charge in [-0.05, 0) is 42.5 Å². The molecule has 0 aliphatic carbocycles. The molecule has 1 amide bonds. The average molecular weight is 386 g/mol. The number of likely N-dealkylation sites (N-methyl/N-ethyl adjacent to an activating group) is 1. The second kappa shape index (κ2) is 8.37. The molecule has 0 spiro atoms. The van der Waals surface area contributed by atoms with Crippen molar-refractivity contribution in [3.8, 4) is 11.5 Å². The lowest BCUT2D eigenvalue weighted by molar-refractivity contribution is -0.856. The van der Waals surface area contributed by atoms with Gasteiger partial charge in [-0.25, -0.2) is 4.98 Å². The molecule has 0 saturated heterocycles. The molecule has 0 unspecified atom stereocenters. The molecule has 7 heteroatoms. The molecule has 1 N–H and O–H groups in total. The van der Waals surface area contributed by atoms with Crippen LogP contribution in [0.1, 0.15) is 10.4 Å². The van der Waals surface area contributed by atoms with Crippen molar-refractivity contribution in [3.05, 3.63) is 48.0 Å². The number of fused-ring (bicyclic) bond motifs is 1. The number of anilines is 1. The van der Waals surface area contributed by atoms with Crippen LogP contribution in [0, 0.1) is 0 Å². The molecular weight excluding hydrogens is 362 g/mol. The third kappa shape index (κ3) is 4.37. The summed E-state index contributed by atoms with van der Waals surface area (Å²) < 4.78 is 11.5. The molecule has 0 saturated carbocycles. The van der Waals surface area contributed by atoms with E-state index in [0.717, 1.165) is 28.3 Å². The van der Waals surface area contributed by atoms with Crippen LogP contribution >= 0.6 is 11.3 Å². The lowest BCUT2D eigenvalue weighted by Gasteiger charge is -2.20. The summed E-state index contributed by atoms with van der Waals surface area (Å²) >= 11 is 1.50. The molecule has 27 heavy (non-hydrogen) atoms. The Morgan fingerprint density at radius 1 is 1.07 bits per heavy atom. The van der Waals surface area contributed by atoms with E-state index in [1.807, 2.05) is 18.2 Å². The maximum atomic E-state index is 13.2. The third-order valence-corrected chi connectivity index (χ3v) is 5.27. The number of carbonyl (C=O) groups is 1. The summed E-state index contributed by atoms with van der Waals surface area (Å²) in [4.78, 5) is 20.9. The van der Waals surface area contributed by atoms with E-state index in [-0.39, 0.29) is 5.91 Å². The number of rotatable bonds is 7. The molecule has 2 aromatic carbocycles. The highest BCUT2D eigenvalue weighted by Crippen LogP contribution is 2.32. The van der Waals surface area contributed by atoms with Gasteiger partial charge in [0.1, 0.15) is 11.5 Å². The Morgan fingerprint density at radius 3 is 2.37 bits per heavy atom. The zero-order valence-corrected chi connectivity index (χ0v) is 16.8. The molecule has 0 radical (unpaired) electrons. The van der Waals surface area contributed by atoms with Gasteiger partial charge in [-0.1, -0.05) is 11.3 Å². The van der Waals surface area contributed by atoms with E-state index in [1.165, 1.54) is 16.2 Å². The Balaban J connectivity index is 1.95. The van der Waals surface area contributed by atoms with Gasteiger partial charge in [0, 0.05) is 5.56 Å². The Hall–Kier alpha value is -2.64. The fourth-order valence-electron chi connectivity index (χ4n) is 2.64. The summed E-state index contributed by atoms with van der Waals surface area (Å²) in [7, 11) is 7.39. The van der Waals surface area contributed by atoms with Crippen molar-refractivity contribution >= 4 is 32.6 Å². The molecule has 142 valence electrons. The highest BCUT2D eigenvalue weighted by Gasteiger charge is 2.22. The van der Waals surface area contributed by atoms with E-state index in [4.69, 9.17) is 9.47 Å². The standard InChI is InChI=1S/C20H23N3O3S/c1-22(2)11-12-23(19(24)14-5-7-15(25-3)8-6-14)20-21-17-10-9-16(26-4)13-18(17)27-20/h5-10,13H,11-12H2,1-4H3/p+1. The topological polar surface area (TPSA) is 56.1 Å². The van der Waals surface area contributed by atoms with Crippen molar-refractivity contribution < 1.29 is 19.2 Å². The van der Waals surface area contributed by atoms with Gasteiger partial charge >= 0.3 is 0 Å². The largest absolute Gasteiger partial charge is 0.497 e. The minimum atomic E-state index is -0.0649. The molecule has 0 fully saturated rings. The first-order chi connectivity index (χ1) is 13.0. The molecule has 0 aliphatic heterocycles. The number of benzene rings is 2. The molecule has 1 aromatic heterocycles. The van der Waals surface area contributed by atoms with Gasteiger partial charge in [-0.2, -0.15) is 0 Å². The fraction of sp³-hybridized carbons (Fsp3) is 0.300. The quantitative estimate of drug-likeness (QED) is 0.676. The van der Waals surface area contributed by atoms with Crippen LogP contribution in [0.5, 0.6) is 11.5 Å². The first kappa shape index (κ1) is 19.1. The zero-order valence-electron chi connectivity index (χ0n) is 16.0. The Bertz CT molecular complexity index is 922. The van der Waals surface area contributed by atoms with Crippen LogP contribution < -0.4 is 19.3 Å².